The lowest BCUT2D eigenvalue weighted by Gasteiger charge is -2.07. The molecule has 0 aliphatic heterocycles. The fourth-order valence-corrected chi connectivity index (χ4v) is 1.60. The summed E-state index contributed by atoms with van der Waals surface area (Å²) < 4.78 is 0. The van der Waals surface area contributed by atoms with Crippen molar-refractivity contribution in [3.63, 3.8) is 0 Å². The van der Waals surface area contributed by atoms with Gasteiger partial charge >= 0.3 is 0 Å². The molecule has 2 aromatic carbocycles. The molecule has 0 atom stereocenters. The molecule has 0 fully saturated rings. The molecule has 0 saturated carbocycles. The number of hydrogen-bond donors (Lipinski definition) is 2. The standard InChI is InChI=1S/C13H13NO/c14-12-7-5-10(6-8-12)13-4-2-1-3-11(13)9-15/h1-8,15H,9,14H2. The van der Waals surface area contributed by atoms with E-state index in [-0.39, 0.29) is 6.61 Å². The predicted octanol–water partition coefficient (Wildman–Crippen LogP) is 2.43. The van der Waals surface area contributed by atoms with Gasteiger partial charge in [-0.3, -0.25) is 0 Å². The minimum absolute atomic E-state index is 0.0561. The van der Waals surface area contributed by atoms with E-state index in [1.165, 1.54) is 0 Å². The van der Waals surface area contributed by atoms with E-state index in [0.29, 0.717) is 0 Å². The molecule has 0 heterocycles. The zero-order chi connectivity index (χ0) is 10.7. The Morgan fingerprint density at radius 3 is 2.27 bits per heavy atom. The largest absolute Gasteiger partial charge is 0.399 e. The van der Waals surface area contributed by atoms with E-state index < -0.39 is 0 Å². The van der Waals surface area contributed by atoms with Crippen molar-refractivity contribution in [1.29, 1.82) is 0 Å². The number of aliphatic hydroxyl groups excluding tert-OH is 1. The van der Waals surface area contributed by atoms with Gasteiger partial charge in [0.1, 0.15) is 0 Å². The molecule has 0 bridgehead atoms. The monoisotopic (exact) mass is 199 g/mol. The highest BCUT2D eigenvalue weighted by Crippen LogP contribution is 2.24. The maximum absolute atomic E-state index is 9.21. The number of benzene rings is 2. The third-order valence-electron chi connectivity index (χ3n) is 2.41. The molecule has 0 aromatic heterocycles. The van der Waals surface area contributed by atoms with Gasteiger partial charge in [-0.2, -0.15) is 0 Å². The summed E-state index contributed by atoms with van der Waals surface area (Å²) in [5, 5.41) is 9.21. The van der Waals surface area contributed by atoms with Gasteiger partial charge in [-0.25, -0.2) is 0 Å². The minimum Gasteiger partial charge on any atom is -0.399 e. The van der Waals surface area contributed by atoms with Gasteiger partial charge in [0.15, 0.2) is 0 Å². The van der Waals surface area contributed by atoms with E-state index in [2.05, 4.69) is 0 Å². The highest BCUT2D eigenvalue weighted by Gasteiger charge is 2.02. The molecule has 0 unspecified atom stereocenters. The van der Waals surface area contributed by atoms with Gasteiger partial charge in [0.2, 0.25) is 0 Å². The molecular formula is C13H13NO. The molecule has 2 nitrogen and oxygen atoms in total. The van der Waals surface area contributed by atoms with E-state index >= 15 is 0 Å². The number of anilines is 1. The average molecular weight is 199 g/mol. The molecule has 15 heavy (non-hydrogen) atoms. The van der Waals surface area contributed by atoms with Crippen LogP contribution in [0.4, 0.5) is 5.69 Å². The van der Waals surface area contributed by atoms with Crippen molar-refractivity contribution in [2.24, 2.45) is 0 Å². The summed E-state index contributed by atoms with van der Waals surface area (Å²) in [6.45, 7) is 0.0561. The quantitative estimate of drug-likeness (QED) is 0.730. The van der Waals surface area contributed by atoms with Crippen LogP contribution in [0.25, 0.3) is 11.1 Å². The first-order chi connectivity index (χ1) is 7.31. The molecule has 0 aliphatic rings. The van der Waals surface area contributed by atoms with Crippen molar-refractivity contribution >= 4 is 5.69 Å². The Labute approximate surface area is 89.0 Å². The molecule has 2 rings (SSSR count). The van der Waals surface area contributed by atoms with Crippen LogP contribution >= 0.6 is 0 Å². The summed E-state index contributed by atoms with van der Waals surface area (Å²) >= 11 is 0. The van der Waals surface area contributed by atoms with Gasteiger partial charge in [0, 0.05) is 5.69 Å². The summed E-state index contributed by atoms with van der Waals surface area (Å²) in [4.78, 5) is 0. The van der Waals surface area contributed by atoms with Crippen molar-refractivity contribution < 1.29 is 5.11 Å². The second-order valence-corrected chi connectivity index (χ2v) is 3.44. The van der Waals surface area contributed by atoms with E-state index in [9.17, 15) is 5.11 Å². The third kappa shape index (κ3) is 2.00. The van der Waals surface area contributed by atoms with E-state index in [4.69, 9.17) is 5.73 Å². The summed E-state index contributed by atoms with van der Waals surface area (Å²) in [7, 11) is 0. The number of rotatable bonds is 2. The Bertz CT molecular complexity index is 448. The number of aliphatic hydroxyl groups is 1. The topological polar surface area (TPSA) is 46.2 Å². The normalized spacial score (nSPS) is 10.2. The third-order valence-corrected chi connectivity index (χ3v) is 2.41. The molecule has 0 aliphatic carbocycles. The molecule has 0 saturated heterocycles. The van der Waals surface area contributed by atoms with Gasteiger partial charge in [0.05, 0.1) is 6.61 Å². The maximum Gasteiger partial charge on any atom is 0.0687 e. The van der Waals surface area contributed by atoms with Gasteiger partial charge in [-0.15, -0.1) is 0 Å². The molecule has 0 radical (unpaired) electrons. The summed E-state index contributed by atoms with van der Waals surface area (Å²) in [6, 6.07) is 15.5. The second kappa shape index (κ2) is 4.15. The van der Waals surface area contributed by atoms with E-state index in [1.807, 2.05) is 48.5 Å². The number of nitrogens with two attached hydrogens (primary N) is 1. The number of nitrogen functional groups attached to an aromatic ring is 1. The molecular weight excluding hydrogens is 186 g/mol. The molecule has 0 amide bonds. The van der Waals surface area contributed by atoms with Gasteiger partial charge in [-0.1, -0.05) is 36.4 Å². The highest BCUT2D eigenvalue weighted by atomic mass is 16.3. The maximum atomic E-state index is 9.21. The fourth-order valence-electron chi connectivity index (χ4n) is 1.60. The predicted molar refractivity (Wildman–Crippen MR) is 62.2 cm³/mol. The molecule has 3 N–H and O–H groups in total. The average Bonchev–Trinajstić information content (AvgIpc) is 2.30. The van der Waals surface area contributed by atoms with Crippen molar-refractivity contribution in [2.75, 3.05) is 5.73 Å². The highest BCUT2D eigenvalue weighted by molar-refractivity contribution is 5.68. The summed E-state index contributed by atoms with van der Waals surface area (Å²) in [5.74, 6) is 0. The smallest absolute Gasteiger partial charge is 0.0687 e. The van der Waals surface area contributed by atoms with Crippen LogP contribution in [0.5, 0.6) is 0 Å². The van der Waals surface area contributed by atoms with Crippen LogP contribution in [0.15, 0.2) is 48.5 Å². The zero-order valence-corrected chi connectivity index (χ0v) is 8.35. The Hall–Kier alpha value is -1.80. The van der Waals surface area contributed by atoms with Crippen molar-refractivity contribution in [3.05, 3.63) is 54.1 Å². The first-order valence-electron chi connectivity index (χ1n) is 4.86. The lowest BCUT2D eigenvalue weighted by molar-refractivity contribution is 0.282. The molecule has 2 aromatic rings. The van der Waals surface area contributed by atoms with Gasteiger partial charge in [0.25, 0.3) is 0 Å². The fraction of sp³-hybridized carbons (Fsp3) is 0.0769. The van der Waals surface area contributed by atoms with E-state index in [1.54, 1.807) is 0 Å². The Morgan fingerprint density at radius 2 is 1.60 bits per heavy atom. The van der Waals surface area contributed by atoms with Crippen molar-refractivity contribution in [2.45, 2.75) is 6.61 Å². The Kier molecular flexibility index (Phi) is 2.70. The lowest BCUT2D eigenvalue weighted by atomic mass is 10.00. The van der Waals surface area contributed by atoms with Crippen LogP contribution in [-0.2, 0) is 6.61 Å². The first kappa shape index (κ1) is 9.74. The first-order valence-corrected chi connectivity index (χ1v) is 4.86. The van der Waals surface area contributed by atoms with Crippen molar-refractivity contribution in [1.82, 2.24) is 0 Å². The SMILES string of the molecule is Nc1ccc(-c2ccccc2CO)cc1. The van der Waals surface area contributed by atoms with Crippen LogP contribution in [0.1, 0.15) is 5.56 Å². The van der Waals surface area contributed by atoms with Crippen LogP contribution in [0.2, 0.25) is 0 Å². The van der Waals surface area contributed by atoms with Crippen LogP contribution in [0.3, 0.4) is 0 Å². The number of hydrogen-bond acceptors (Lipinski definition) is 2. The van der Waals surface area contributed by atoms with Crippen LogP contribution < -0.4 is 5.73 Å². The summed E-state index contributed by atoms with van der Waals surface area (Å²) in [5.41, 5.74) is 9.44. The van der Waals surface area contributed by atoms with Crippen LogP contribution in [-0.4, -0.2) is 5.11 Å². The Morgan fingerprint density at radius 1 is 0.933 bits per heavy atom. The molecule has 2 heteroatoms. The van der Waals surface area contributed by atoms with Gasteiger partial charge in [-0.05, 0) is 28.8 Å². The molecule has 76 valence electrons. The van der Waals surface area contributed by atoms with Crippen molar-refractivity contribution in [3.8, 4) is 11.1 Å². The Balaban J connectivity index is 2.49. The van der Waals surface area contributed by atoms with Crippen LogP contribution in [0, 0.1) is 0 Å². The van der Waals surface area contributed by atoms with E-state index in [0.717, 1.165) is 22.4 Å². The molecule has 0 spiro atoms. The summed E-state index contributed by atoms with van der Waals surface area (Å²) in [6.07, 6.45) is 0. The lowest BCUT2D eigenvalue weighted by Crippen LogP contribution is -1.89. The minimum atomic E-state index is 0.0561. The zero-order valence-electron chi connectivity index (χ0n) is 8.35. The van der Waals surface area contributed by atoms with Gasteiger partial charge < -0.3 is 10.8 Å². The second-order valence-electron chi connectivity index (χ2n) is 3.44.